The van der Waals surface area contributed by atoms with E-state index < -0.39 is 0 Å². The summed E-state index contributed by atoms with van der Waals surface area (Å²) in [5.74, 6) is 1.52. The van der Waals surface area contributed by atoms with Crippen LogP contribution < -0.4 is 5.32 Å². The maximum absolute atomic E-state index is 11.9. The van der Waals surface area contributed by atoms with Gasteiger partial charge < -0.3 is 9.73 Å². The number of rotatable bonds is 5. The Balaban J connectivity index is 1.55. The van der Waals surface area contributed by atoms with Gasteiger partial charge in [0.2, 0.25) is 5.91 Å². The zero-order valence-electron chi connectivity index (χ0n) is 12.0. The third kappa shape index (κ3) is 3.72. The van der Waals surface area contributed by atoms with Crippen molar-refractivity contribution in [3.05, 3.63) is 42.4 Å². The summed E-state index contributed by atoms with van der Waals surface area (Å²) in [6, 6.07) is 5.76. The van der Waals surface area contributed by atoms with Crippen molar-refractivity contribution in [3.8, 4) is 11.3 Å². The minimum Gasteiger partial charge on any atom is -0.464 e. The van der Waals surface area contributed by atoms with Gasteiger partial charge in [-0.15, -0.1) is 0 Å². The van der Waals surface area contributed by atoms with Gasteiger partial charge in [0.1, 0.15) is 5.76 Å². The third-order valence-electron chi connectivity index (χ3n) is 4.04. The van der Waals surface area contributed by atoms with Crippen molar-refractivity contribution >= 4 is 5.91 Å². The second-order valence-corrected chi connectivity index (χ2v) is 5.69. The highest BCUT2D eigenvalue weighted by molar-refractivity contribution is 5.76. The van der Waals surface area contributed by atoms with Crippen LogP contribution in [0.15, 0.2) is 41.3 Å². The molecule has 4 heteroatoms. The zero-order valence-corrected chi connectivity index (χ0v) is 12.0. The number of nitrogens with zero attached hydrogens (tertiary/aromatic N) is 1. The number of carbonyl (C=O) groups is 1. The molecule has 3 rings (SSSR count). The quantitative estimate of drug-likeness (QED) is 0.913. The fourth-order valence-corrected chi connectivity index (χ4v) is 2.91. The van der Waals surface area contributed by atoms with Crippen molar-refractivity contribution in [2.45, 2.75) is 38.6 Å². The van der Waals surface area contributed by atoms with E-state index in [9.17, 15) is 4.79 Å². The highest BCUT2D eigenvalue weighted by Crippen LogP contribution is 2.27. The molecule has 110 valence electrons. The molecule has 0 aromatic carbocycles. The van der Waals surface area contributed by atoms with E-state index in [-0.39, 0.29) is 5.91 Å². The molecule has 0 radical (unpaired) electrons. The largest absolute Gasteiger partial charge is 0.464 e. The molecule has 1 fully saturated rings. The maximum atomic E-state index is 11.9. The van der Waals surface area contributed by atoms with E-state index in [1.165, 1.54) is 25.7 Å². The van der Waals surface area contributed by atoms with Gasteiger partial charge in [0.15, 0.2) is 0 Å². The normalized spacial score (nSPS) is 15.2. The fraction of sp³-hybridized carbons (Fsp3) is 0.412. The van der Waals surface area contributed by atoms with Crippen molar-refractivity contribution in [2.75, 3.05) is 0 Å². The standard InChI is InChI=1S/C17H20N2O2/c20-17(9-13-4-1-2-5-13)19-11-14-8-15(12-18-10-14)16-6-3-7-21-16/h3,6-8,10,12-13H,1-2,4-5,9,11H2,(H,19,20). The lowest BCUT2D eigenvalue weighted by Crippen LogP contribution is -2.24. The van der Waals surface area contributed by atoms with E-state index in [4.69, 9.17) is 4.42 Å². The van der Waals surface area contributed by atoms with Gasteiger partial charge in [0.05, 0.1) is 6.26 Å². The number of aromatic nitrogens is 1. The average Bonchev–Trinajstić information content (AvgIpc) is 3.19. The number of pyridine rings is 1. The monoisotopic (exact) mass is 284 g/mol. The van der Waals surface area contributed by atoms with Crippen molar-refractivity contribution in [1.82, 2.24) is 10.3 Å². The Kier molecular flexibility index (Phi) is 4.34. The zero-order chi connectivity index (χ0) is 14.5. The molecule has 0 atom stereocenters. The third-order valence-corrected chi connectivity index (χ3v) is 4.04. The number of hydrogen-bond donors (Lipinski definition) is 1. The lowest BCUT2D eigenvalue weighted by molar-refractivity contribution is -0.122. The summed E-state index contributed by atoms with van der Waals surface area (Å²) in [4.78, 5) is 16.1. The summed E-state index contributed by atoms with van der Waals surface area (Å²) in [5.41, 5.74) is 1.92. The van der Waals surface area contributed by atoms with Gasteiger partial charge >= 0.3 is 0 Å². The van der Waals surface area contributed by atoms with Crippen molar-refractivity contribution in [2.24, 2.45) is 5.92 Å². The van der Waals surface area contributed by atoms with Gasteiger partial charge in [-0.2, -0.15) is 0 Å². The topological polar surface area (TPSA) is 55.1 Å². The highest BCUT2D eigenvalue weighted by atomic mass is 16.3. The first kappa shape index (κ1) is 13.9. The molecule has 0 aliphatic heterocycles. The fourth-order valence-electron chi connectivity index (χ4n) is 2.91. The molecule has 0 saturated heterocycles. The molecule has 2 aromatic rings. The molecule has 1 saturated carbocycles. The van der Waals surface area contributed by atoms with Gasteiger partial charge in [0, 0.05) is 30.9 Å². The number of amides is 1. The van der Waals surface area contributed by atoms with E-state index >= 15 is 0 Å². The van der Waals surface area contributed by atoms with Crippen LogP contribution in [0.3, 0.4) is 0 Å². The molecule has 21 heavy (non-hydrogen) atoms. The second kappa shape index (κ2) is 6.57. The molecule has 2 aromatic heterocycles. The summed E-state index contributed by atoms with van der Waals surface area (Å²) in [7, 11) is 0. The second-order valence-electron chi connectivity index (χ2n) is 5.69. The summed E-state index contributed by atoms with van der Waals surface area (Å²) >= 11 is 0. The molecule has 0 unspecified atom stereocenters. The van der Waals surface area contributed by atoms with E-state index in [0.29, 0.717) is 18.9 Å². The SMILES string of the molecule is O=C(CC1CCCC1)NCc1cncc(-c2ccco2)c1. The van der Waals surface area contributed by atoms with Gasteiger partial charge in [-0.25, -0.2) is 0 Å². The summed E-state index contributed by atoms with van der Waals surface area (Å²) in [5, 5.41) is 2.99. The summed E-state index contributed by atoms with van der Waals surface area (Å²) in [6.07, 6.45) is 10.8. The van der Waals surface area contributed by atoms with Crippen LogP contribution in [0.1, 0.15) is 37.7 Å². The number of hydrogen-bond acceptors (Lipinski definition) is 3. The van der Waals surface area contributed by atoms with Gasteiger partial charge in [0.25, 0.3) is 0 Å². The Morgan fingerprint density at radius 3 is 2.95 bits per heavy atom. The van der Waals surface area contributed by atoms with E-state index in [1.54, 1.807) is 18.7 Å². The van der Waals surface area contributed by atoms with Crippen molar-refractivity contribution < 1.29 is 9.21 Å². The van der Waals surface area contributed by atoms with Crippen molar-refractivity contribution in [1.29, 1.82) is 0 Å². The first-order chi connectivity index (χ1) is 10.3. The Bertz CT molecular complexity index is 587. The minimum atomic E-state index is 0.144. The highest BCUT2D eigenvalue weighted by Gasteiger charge is 2.18. The Morgan fingerprint density at radius 1 is 1.33 bits per heavy atom. The maximum Gasteiger partial charge on any atom is 0.220 e. The van der Waals surface area contributed by atoms with Crippen LogP contribution in [0.4, 0.5) is 0 Å². The lowest BCUT2D eigenvalue weighted by atomic mass is 10.0. The van der Waals surface area contributed by atoms with Crippen LogP contribution in [0, 0.1) is 5.92 Å². The predicted octanol–water partition coefficient (Wildman–Crippen LogP) is 3.54. The van der Waals surface area contributed by atoms with E-state index in [1.807, 2.05) is 18.2 Å². The summed E-state index contributed by atoms with van der Waals surface area (Å²) in [6.45, 7) is 0.521. The van der Waals surface area contributed by atoms with Gasteiger partial charge in [-0.05, 0) is 42.5 Å². The van der Waals surface area contributed by atoms with E-state index in [0.717, 1.165) is 16.9 Å². The number of nitrogens with one attached hydrogen (secondary N) is 1. The molecule has 1 amide bonds. The van der Waals surface area contributed by atoms with Crippen LogP contribution in [-0.2, 0) is 11.3 Å². The summed E-state index contributed by atoms with van der Waals surface area (Å²) < 4.78 is 5.36. The lowest BCUT2D eigenvalue weighted by Gasteiger charge is -2.09. The first-order valence-corrected chi connectivity index (χ1v) is 7.56. The average molecular weight is 284 g/mol. The Hall–Kier alpha value is -2.10. The molecule has 1 N–H and O–H groups in total. The smallest absolute Gasteiger partial charge is 0.220 e. The van der Waals surface area contributed by atoms with Crippen LogP contribution in [0.2, 0.25) is 0 Å². The number of furan rings is 1. The molecular formula is C17H20N2O2. The predicted molar refractivity (Wildman–Crippen MR) is 80.4 cm³/mol. The van der Waals surface area contributed by atoms with Gasteiger partial charge in [-0.1, -0.05) is 12.8 Å². The first-order valence-electron chi connectivity index (χ1n) is 7.56. The van der Waals surface area contributed by atoms with E-state index in [2.05, 4.69) is 10.3 Å². The molecule has 1 aliphatic rings. The minimum absolute atomic E-state index is 0.144. The molecule has 0 spiro atoms. The van der Waals surface area contributed by atoms with Gasteiger partial charge in [-0.3, -0.25) is 9.78 Å². The molecular weight excluding hydrogens is 264 g/mol. The van der Waals surface area contributed by atoms with Crippen LogP contribution in [0.25, 0.3) is 11.3 Å². The molecule has 1 aliphatic carbocycles. The molecule has 2 heterocycles. The van der Waals surface area contributed by atoms with Crippen LogP contribution >= 0.6 is 0 Å². The number of carbonyl (C=O) groups excluding carboxylic acids is 1. The molecule has 0 bridgehead atoms. The van der Waals surface area contributed by atoms with Crippen molar-refractivity contribution in [3.63, 3.8) is 0 Å². The van der Waals surface area contributed by atoms with Crippen LogP contribution in [0.5, 0.6) is 0 Å². The van der Waals surface area contributed by atoms with Crippen LogP contribution in [-0.4, -0.2) is 10.9 Å². The Morgan fingerprint density at radius 2 is 2.19 bits per heavy atom. The molecule has 4 nitrogen and oxygen atoms in total. The Labute approximate surface area is 124 Å².